The molecule has 172 valence electrons. The second-order valence-electron chi connectivity index (χ2n) is 10.3. The number of thioether (sulfide) groups is 1. The molecule has 3 fully saturated rings. The molecule has 0 saturated heterocycles. The number of carbonyl (C=O) groups is 2. The van der Waals surface area contributed by atoms with E-state index in [-0.39, 0.29) is 36.4 Å². The molecule has 0 aliphatic heterocycles. The van der Waals surface area contributed by atoms with Crippen LogP contribution in [0.1, 0.15) is 46.5 Å². The monoisotopic (exact) mass is 452 g/mol. The summed E-state index contributed by atoms with van der Waals surface area (Å²) < 4.78 is 22.5. The molecule has 0 aromatic rings. The Morgan fingerprint density at radius 3 is 2.74 bits per heavy atom. The fourth-order valence-corrected chi connectivity index (χ4v) is 7.72. The number of carbonyl (C=O) groups excluding carboxylic acids is 2. The third-order valence-electron chi connectivity index (χ3n) is 9.08. The number of halogens is 1. The minimum absolute atomic E-state index is 0.00949. The first kappa shape index (κ1) is 23.1. The van der Waals surface area contributed by atoms with Gasteiger partial charge in [-0.2, -0.15) is 0 Å². The number of alkyl halides is 1. The van der Waals surface area contributed by atoms with Crippen molar-refractivity contribution in [2.75, 3.05) is 18.8 Å². The van der Waals surface area contributed by atoms with Crippen LogP contribution in [0.2, 0.25) is 0 Å². The van der Waals surface area contributed by atoms with Gasteiger partial charge in [-0.15, -0.1) is 11.8 Å². The van der Waals surface area contributed by atoms with Gasteiger partial charge < -0.3 is 14.9 Å². The highest BCUT2D eigenvalue weighted by atomic mass is 32.2. The molecule has 0 radical (unpaired) electrons. The van der Waals surface area contributed by atoms with Gasteiger partial charge in [0.1, 0.15) is 12.2 Å². The summed E-state index contributed by atoms with van der Waals surface area (Å²) in [5.41, 5.74) is -4.92. The number of ether oxygens (including phenoxy) is 1. The van der Waals surface area contributed by atoms with Gasteiger partial charge in [-0.3, -0.25) is 9.59 Å². The fourth-order valence-electron chi connectivity index (χ4n) is 7.47. The van der Waals surface area contributed by atoms with E-state index in [2.05, 4.69) is 0 Å². The first-order chi connectivity index (χ1) is 14.5. The normalized spacial score (nSPS) is 48.6. The topological polar surface area (TPSA) is 83.8 Å². The maximum Gasteiger partial charge on any atom is 0.190 e. The van der Waals surface area contributed by atoms with E-state index in [1.807, 2.05) is 20.1 Å². The fraction of sp³-hybridized carbons (Fsp3) is 0.750. The quantitative estimate of drug-likeness (QED) is 0.492. The third kappa shape index (κ3) is 2.85. The number of hydrogen-bond donors (Lipinski definition) is 2. The van der Waals surface area contributed by atoms with Crippen molar-refractivity contribution < 1.29 is 28.9 Å². The zero-order valence-electron chi connectivity index (χ0n) is 18.7. The van der Waals surface area contributed by atoms with E-state index in [4.69, 9.17) is 4.74 Å². The number of aliphatic hydroxyl groups excluding tert-OH is 1. The highest BCUT2D eigenvalue weighted by Crippen LogP contribution is 2.70. The van der Waals surface area contributed by atoms with Crippen molar-refractivity contribution in [3.63, 3.8) is 0 Å². The molecular weight excluding hydrogens is 419 g/mol. The zero-order chi connectivity index (χ0) is 22.8. The number of aliphatic hydroxyl groups is 2. The highest BCUT2D eigenvalue weighted by molar-refractivity contribution is 7.98. The molecule has 8 atom stereocenters. The van der Waals surface area contributed by atoms with Crippen molar-refractivity contribution in [3.8, 4) is 0 Å². The van der Waals surface area contributed by atoms with E-state index in [9.17, 15) is 19.8 Å². The van der Waals surface area contributed by atoms with Crippen molar-refractivity contribution in [1.29, 1.82) is 0 Å². The Balaban J connectivity index is 1.73. The average molecular weight is 453 g/mol. The van der Waals surface area contributed by atoms with Gasteiger partial charge in [0.05, 0.1) is 12.0 Å². The van der Waals surface area contributed by atoms with Crippen molar-refractivity contribution >= 4 is 23.3 Å². The Kier molecular flexibility index (Phi) is 5.60. The molecule has 7 heteroatoms. The van der Waals surface area contributed by atoms with Crippen LogP contribution in [-0.2, 0) is 14.3 Å². The molecule has 2 N–H and O–H groups in total. The molecule has 0 aromatic carbocycles. The summed E-state index contributed by atoms with van der Waals surface area (Å²) in [4.78, 5) is 25.1. The van der Waals surface area contributed by atoms with Gasteiger partial charge in [0.2, 0.25) is 0 Å². The molecule has 5 nitrogen and oxygen atoms in total. The summed E-state index contributed by atoms with van der Waals surface area (Å²) in [6.07, 6.45) is 6.60. The lowest BCUT2D eigenvalue weighted by Crippen LogP contribution is -2.69. The van der Waals surface area contributed by atoms with Gasteiger partial charge in [-0.1, -0.05) is 25.5 Å². The number of allylic oxidation sites excluding steroid dienone is 4. The molecule has 0 aromatic heterocycles. The summed E-state index contributed by atoms with van der Waals surface area (Å²) >= 11 is 1.45. The van der Waals surface area contributed by atoms with Crippen LogP contribution < -0.4 is 0 Å². The minimum Gasteiger partial charge on any atom is -0.390 e. The number of Topliss-reactive ketones (excluding diaryl/α,β-unsaturated/α-hetero) is 1. The molecule has 4 aliphatic carbocycles. The second kappa shape index (κ2) is 7.51. The molecule has 31 heavy (non-hydrogen) atoms. The lowest BCUT2D eigenvalue weighted by atomic mass is 9.44. The summed E-state index contributed by atoms with van der Waals surface area (Å²) in [5.74, 6) is -1.32. The predicted octanol–water partition coefficient (Wildman–Crippen LogP) is 3.24. The SMILES string of the molecule is CSCOCC(=O)[C@@]1(O)[C@H](C)C[C@H]2[C@@H]3CCC4=CC(=O)C=C[C@]4(C)[C@@]3(F)[C@@H](O)C[C@@]21C. The molecule has 0 bridgehead atoms. The van der Waals surface area contributed by atoms with Gasteiger partial charge in [0.25, 0.3) is 0 Å². The summed E-state index contributed by atoms with van der Waals surface area (Å²) in [7, 11) is 0. The molecule has 4 rings (SSSR count). The van der Waals surface area contributed by atoms with Crippen LogP contribution in [0.25, 0.3) is 0 Å². The lowest BCUT2D eigenvalue weighted by molar-refractivity contribution is -0.219. The Bertz CT molecular complexity index is 857. The number of hydrogen-bond acceptors (Lipinski definition) is 6. The second-order valence-corrected chi connectivity index (χ2v) is 11.2. The van der Waals surface area contributed by atoms with E-state index in [1.165, 1.54) is 23.9 Å². The van der Waals surface area contributed by atoms with E-state index in [0.29, 0.717) is 25.2 Å². The molecule has 0 heterocycles. The molecule has 4 aliphatic rings. The van der Waals surface area contributed by atoms with Crippen molar-refractivity contribution in [1.82, 2.24) is 0 Å². The largest absolute Gasteiger partial charge is 0.390 e. The van der Waals surface area contributed by atoms with E-state index in [0.717, 1.165) is 5.57 Å². The van der Waals surface area contributed by atoms with Crippen LogP contribution >= 0.6 is 11.8 Å². The summed E-state index contributed by atoms with van der Waals surface area (Å²) in [6.45, 7) is 5.26. The van der Waals surface area contributed by atoms with Gasteiger partial charge in [0, 0.05) is 16.7 Å². The number of ketones is 2. The molecule has 0 spiro atoms. The Morgan fingerprint density at radius 1 is 1.35 bits per heavy atom. The zero-order valence-corrected chi connectivity index (χ0v) is 19.5. The first-order valence-corrected chi connectivity index (χ1v) is 12.5. The van der Waals surface area contributed by atoms with Gasteiger partial charge in [0.15, 0.2) is 17.2 Å². The van der Waals surface area contributed by atoms with Crippen LogP contribution in [0.3, 0.4) is 0 Å². The average Bonchev–Trinajstić information content (AvgIpc) is 2.91. The minimum atomic E-state index is -1.96. The van der Waals surface area contributed by atoms with Crippen molar-refractivity contribution in [2.24, 2.45) is 28.6 Å². The van der Waals surface area contributed by atoms with E-state index >= 15 is 4.39 Å². The van der Waals surface area contributed by atoms with E-state index < -0.39 is 34.1 Å². The van der Waals surface area contributed by atoms with Crippen LogP contribution in [0, 0.1) is 28.6 Å². The standard InChI is InChI=1S/C24H33FO5S/c1-14-9-18-17-6-5-15-10-16(26)7-8-21(15,2)23(17,25)19(27)11-22(18,3)24(14,29)20(28)12-30-13-31-4/h7-8,10,14,17-19,27,29H,5-6,9,11-13H2,1-4H3/t14-,17+,18+,19+,21+,22+,23+,24+/m1/s1. The van der Waals surface area contributed by atoms with Crippen LogP contribution in [-0.4, -0.2) is 58.0 Å². The van der Waals surface area contributed by atoms with E-state index in [1.54, 1.807) is 13.0 Å². The van der Waals surface area contributed by atoms with Crippen LogP contribution in [0.4, 0.5) is 4.39 Å². The van der Waals surface area contributed by atoms with Gasteiger partial charge in [-0.05, 0) is 62.9 Å². The Hall–Kier alpha value is -1.02. The first-order valence-electron chi connectivity index (χ1n) is 11.1. The maximum absolute atomic E-state index is 17.0. The van der Waals surface area contributed by atoms with Gasteiger partial charge in [-0.25, -0.2) is 4.39 Å². The van der Waals surface area contributed by atoms with Crippen molar-refractivity contribution in [3.05, 3.63) is 23.8 Å². The molecule has 0 amide bonds. The smallest absolute Gasteiger partial charge is 0.190 e. The lowest BCUT2D eigenvalue weighted by Gasteiger charge is -2.62. The highest BCUT2D eigenvalue weighted by Gasteiger charge is 2.75. The Labute approximate surface area is 187 Å². The predicted molar refractivity (Wildman–Crippen MR) is 117 cm³/mol. The maximum atomic E-state index is 17.0. The third-order valence-corrected chi connectivity index (χ3v) is 9.48. The van der Waals surface area contributed by atoms with Crippen LogP contribution in [0.5, 0.6) is 0 Å². The number of rotatable bonds is 5. The Morgan fingerprint density at radius 2 is 2.06 bits per heavy atom. The summed E-state index contributed by atoms with van der Waals surface area (Å²) in [5, 5.41) is 23.0. The van der Waals surface area contributed by atoms with Crippen molar-refractivity contribution in [2.45, 2.75) is 63.8 Å². The summed E-state index contributed by atoms with van der Waals surface area (Å²) in [6, 6.07) is 0. The molecule has 3 saturated carbocycles. The molecule has 0 unspecified atom stereocenters. The van der Waals surface area contributed by atoms with Gasteiger partial charge >= 0.3 is 0 Å². The number of fused-ring (bicyclic) bond motifs is 5. The molecular formula is C24H33FO5S. The van der Waals surface area contributed by atoms with Crippen LogP contribution in [0.15, 0.2) is 23.8 Å².